The summed E-state index contributed by atoms with van der Waals surface area (Å²) in [6, 6.07) is 0. The number of alkyl halides is 2. The van der Waals surface area contributed by atoms with Crippen LogP contribution in [-0.2, 0) is 23.9 Å². The molecule has 0 aliphatic heterocycles. The monoisotopic (exact) mass is 429 g/mol. The van der Waals surface area contributed by atoms with Crippen LogP contribution in [0.1, 0.15) is 34.6 Å². The van der Waals surface area contributed by atoms with E-state index in [-0.39, 0.29) is 13.2 Å². The topological polar surface area (TPSA) is 95.7 Å². The number of primary amides is 1. The molecule has 0 heterocycles. The Morgan fingerprint density at radius 1 is 0.857 bits per heavy atom. The molecule has 8 heteroatoms. The van der Waals surface area contributed by atoms with Gasteiger partial charge in [-0.05, 0) is 34.6 Å². The summed E-state index contributed by atoms with van der Waals surface area (Å²) in [6.07, 6.45) is 0. The Morgan fingerprint density at radius 3 is 1.33 bits per heavy atom. The molecule has 0 fully saturated rings. The number of carbonyl (C=O) groups is 3. The first-order valence-corrected chi connectivity index (χ1v) is 7.81. The van der Waals surface area contributed by atoms with Crippen molar-refractivity contribution in [1.82, 2.24) is 0 Å². The molecule has 0 bridgehead atoms. The molecular formula is C13H21Br2NO5. The molecule has 0 unspecified atom stereocenters. The van der Waals surface area contributed by atoms with Crippen LogP contribution in [0.15, 0.2) is 0 Å². The third-order valence-corrected chi connectivity index (χ3v) is 3.26. The summed E-state index contributed by atoms with van der Waals surface area (Å²) in [5, 5.41) is 0. The van der Waals surface area contributed by atoms with Crippen molar-refractivity contribution in [3.63, 3.8) is 0 Å². The van der Waals surface area contributed by atoms with Crippen molar-refractivity contribution in [2.45, 2.75) is 43.3 Å². The highest BCUT2D eigenvalue weighted by atomic mass is 79.9. The minimum Gasteiger partial charge on any atom is -0.463 e. The smallest absolute Gasteiger partial charge is 0.322 e. The van der Waals surface area contributed by atoms with Gasteiger partial charge in [-0.25, -0.2) is 0 Å². The minimum absolute atomic E-state index is 0.272. The van der Waals surface area contributed by atoms with Crippen molar-refractivity contribution >= 4 is 49.7 Å². The van der Waals surface area contributed by atoms with Gasteiger partial charge in [-0.15, -0.1) is 0 Å². The molecule has 0 spiro atoms. The van der Waals surface area contributed by atoms with Gasteiger partial charge in [-0.1, -0.05) is 31.9 Å². The van der Waals surface area contributed by atoms with Gasteiger partial charge < -0.3 is 15.2 Å². The highest BCUT2D eigenvalue weighted by Crippen LogP contribution is 2.24. The number of esters is 2. The van der Waals surface area contributed by atoms with Gasteiger partial charge in [-0.2, -0.15) is 0 Å². The first kappa shape index (κ1) is 20.4. The molecule has 122 valence electrons. The summed E-state index contributed by atoms with van der Waals surface area (Å²) < 4.78 is 8.37. The van der Waals surface area contributed by atoms with Crippen molar-refractivity contribution in [2.75, 3.05) is 13.2 Å². The van der Waals surface area contributed by atoms with Gasteiger partial charge in [0.1, 0.15) is 27.3 Å². The van der Waals surface area contributed by atoms with E-state index in [1.54, 1.807) is 27.7 Å². The fourth-order valence-corrected chi connectivity index (χ4v) is 1.21. The van der Waals surface area contributed by atoms with Crippen molar-refractivity contribution in [1.29, 1.82) is 0 Å². The molecule has 21 heavy (non-hydrogen) atoms. The average molecular weight is 431 g/mol. The highest BCUT2D eigenvalue weighted by Gasteiger charge is 2.38. The van der Waals surface area contributed by atoms with E-state index in [4.69, 9.17) is 15.2 Å². The zero-order valence-corrected chi connectivity index (χ0v) is 16.0. The van der Waals surface area contributed by atoms with Gasteiger partial charge in [0, 0.05) is 0 Å². The second-order valence-electron chi connectivity index (χ2n) is 6.02. The molecular weight excluding hydrogens is 410 g/mol. The zero-order valence-electron chi connectivity index (χ0n) is 12.8. The first-order valence-electron chi connectivity index (χ1n) is 6.22. The van der Waals surface area contributed by atoms with Crippen LogP contribution in [-0.4, -0.2) is 39.7 Å². The summed E-state index contributed by atoms with van der Waals surface area (Å²) in [5.41, 5.74) is 4.03. The maximum atomic E-state index is 11.7. The fourth-order valence-electron chi connectivity index (χ4n) is 0.977. The van der Waals surface area contributed by atoms with Crippen molar-refractivity contribution in [3.05, 3.63) is 0 Å². The lowest BCUT2D eigenvalue weighted by atomic mass is 9.92. The Hall–Kier alpha value is -0.630. The van der Waals surface area contributed by atoms with E-state index in [9.17, 15) is 14.4 Å². The quantitative estimate of drug-likeness (QED) is 0.491. The van der Waals surface area contributed by atoms with Crippen LogP contribution < -0.4 is 5.73 Å². The van der Waals surface area contributed by atoms with Crippen LogP contribution in [0.5, 0.6) is 0 Å². The molecule has 0 saturated heterocycles. The summed E-state index contributed by atoms with van der Waals surface area (Å²) in [6.45, 7) is 7.39. The van der Waals surface area contributed by atoms with E-state index in [0.717, 1.165) is 0 Å². The molecule has 0 aromatic carbocycles. The summed E-state index contributed by atoms with van der Waals surface area (Å²) in [5.74, 6) is -1.80. The molecule has 0 aliphatic carbocycles. The van der Waals surface area contributed by atoms with Crippen LogP contribution in [0.25, 0.3) is 0 Å². The molecule has 6 nitrogen and oxygen atoms in total. The zero-order chi connectivity index (χ0) is 17.1. The van der Waals surface area contributed by atoms with E-state index in [0.29, 0.717) is 0 Å². The largest absolute Gasteiger partial charge is 0.463 e. The van der Waals surface area contributed by atoms with Gasteiger partial charge in [0.05, 0.1) is 0 Å². The average Bonchev–Trinajstić information content (AvgIpc) is 2.30. The summed E-state index contributed by atoms with van der Waals surface area (Å²) in [4.78, 5) is 35.0. The maximum Gasteiger partial charge on any atom is 0.322 e. The number of carbonyl (C=O) groups excluding carboxylic acids is 3. The van der Waals surface area contributed by atoms with Gasteiger partial charge in [-0.3, -0.25) is 14.4 Å². The molecule has 0 aromatic heterocycles. The number of halogens is 2. The molecule has 1 amide bonds. The molecule has 0 atom stereocenters. The molecule has 0 rings (SSSR count). The van der Waals surface area contributed by atoms with E-state index in [2.05, 4.69) is 31.9 Å². The van der Waals surface area contributed by atoms with E-state index >= 15 is 0 Å². The third kappa shape index (κ3) is 6.78. The van der Waals surface area contributed by atoms with Gasteiger partial charge in [0.15, 0.2) is 0 Å². The molecule has 0 radical (unpaired) electrons. The number of nitrogens with two attached hydrogens (primary N) is 1. The lowest BCUT2D eigenvalue weighted by molar-refractivity contribution is -0.158. The van der Waals surface area contributed by atoms with E-state index in [1.807, 2.05) is 0 Å². The Kier molecular flexibility index (Phi) is 6.87. The van der Waals surface area contributed by atoms with Crippen LogP contribution in [0.3, 0.4) is 0 Å². The normalized spacial score (nSPS) is 12.7. The number of hydrogen-bond acceptors (Lipinski definition) is 5. The van der Waals surface area contributed by atoms with Crippen molar-refractivity contribution in [3.8, 4) is 0 Å². The highest BCUT2D eigenvalue weighted by molar-refractivity contribution is 9.10. The van der Waals surface area contributed by atoms with E-state index in [1.165, 1.54) is 6.92 Å². The number of amides is 1. The maximum absolute atomic E-state index is 11.7. The molecule has 0 saturated carbocycles. The van der Waals surface area contributed by atoms with Crippen molar-refractivity contribution in [2.24, 2.45) is 11.1 Å². The van der Waals surface area contributed by atoms with Gasteiger partial charge >= 0.3 is 11.9 Å². The number of hydrogen-bond donors (Lipinski definition) is 1. The molecule has 0 aliphatic rings. The Bertz CT molecular complexity index is 393. The van der Waals surface area contributed by atoms with Crippen LogP contribution >= 0.6 is 31.9 Å². The SMILES string of the molecule is CC(C)(Br)C(=O)OCC(C)(COC(=O)C(C)(C)Br)C(N)=O. The minimum atomic E-state index is -1.29. The van der Waals surface area contributed by atoms with Crippen LogP contribution in [0.2, 0.25) is 0 Å². The predicted octanol–water partition coefficient (Wildman–Crippen LogP) is 1.91. The molecule has 0 aromatic rings. The Labute approximate surface area is 141 Å². The lowest BCUT2D eigenvalue weighted by Crippen LogP contribution is -2.45. The van der Waals surface area contributed by atoms with Gasteiger partial charge in [0.2, 0.25) is 5.91 Å². The second kappa shape index (κ2) is 7.09. The number of ether oxygens (including phenoxy) is 2. The summed E-state index contributed by atoms with van der Waals surface area (Å²) in [7, 11) is 0. The third-order valence-electron chi connectivity index (χ3n) is 2.61. The summed E-state index contributed by atoms with van der Waals surface area (Å²) >= 11 is 6.31. The molecule has 2 N–H and O–H groups in total. The fraction of sp³-hybridized carbons (Fsp3) is 0.769. The lowest BCUT2D eigenvalue weighted by Gasteiger charge is -2.27. The standard InChI is InChI=1S/C13H21Br2NO5/c1-11(2,14)9(18)20-6-13(5,8(16)17)7-21-10(19)12(3,4)15/h6-7H2,1-5H3,(H2,16,17). The predicted molar refractivity (Wildman–Crippen MR) is 85.2 cm³/mol. The van der Waals surface area contributed by atoms with E-state index < -0.39 is 31.9 Å². The van der Waals surface area contributed by atoms with Gasteiger partial charge in [0.25, 0.3) is 0 Å². The first-order chi connectivity index (χ1) is 9.20. The van der Waals surface area contributed by atoms with Crippen molar-refractivity contribution < 1.29 is 23.9 Å². The van der Waals surface area contributed by atoms with Crippen LogP contribution in [0, 0.1) is 5.41 Å². The second-order valence-corrected chi connectivity index (χ2v) is 9.99. The Balaban J connectivity index is 4.77. The number of rotatable bonds is 7. The van der Waals surface area contributed by atoms with Crippen LogP contribution in [0.4, 0.5) is 0 Å². The Morgan fingerprint density at radius 2 is 1.14 bits per heavy atom.